The predicted octanol–water partition coefficient (Wildman–Crippen LogP) is 2.76. The number of carbonyl (C=O) groups excluding carboxylic acids is 1. The van der Waals surface area contributed by atoms with Gasteiger partial charge in [-0.2, -0.15) is 0 Å². The zero-order valence-electron chi connectivity index (χ0n) is 12.5. The van der Waals surface area contributed by atoms with Crippen LogP contribution >= 0.6 is 0 Å². The Kier molecular flexibility index (Phi) is 7.33. The number of amides is 1. The minimum Gasteiger partial charge on any atom is -0.342 e. The van der Waals surface area contributed by atoms with E-state index in [1.54, 1.807) is 0 Å². The summed E-state index contributed by atoms with van der Waals surface area (Å²) in [5.41, 5.74) is 0. The highest BCUT2D eigenvalue weighted by Gasteiger charge is 2.22. The van der Waals surface area contributed by atoms with Crippen LogP contribution in [0.25, 0.3) is 0 Å². The van der Waals surface area contributed by atoms with Crippen LogP contribution in [0.2, 0.25) is 0 Å². The second-order valence-electron chi connectivity index (χ2n) is 5.72. The summed E-state index contributed by atoms with van der Waals surface area (Å²) in [7, 11) is 0. The molecule has 0 radical (unpaired) electrons. The molecule has 0 bridgehead atoms. The molecule has 3 nitrogen and oxygen atoms in total. The van der Waals surface area contributed by atoms with E-state index in [1.165, 1.54) is 6.42 Å². The molecule has 0 saturated carbocycles. The summed E-state index contributed by atoms with van der Waals surface area (Å²) in [5, 5.41) is 0. The van der Waals surface area contributed by atoms with Gasteiger partial charge < -0.3 is 4.90 Å². The SMILES string of the molecule is CCCCN(CCCC)C(=O)CN1CCC(C)C1. The molecule has 0 aromatic rings. The van der Waals surface area contributed by atoms with E-state index in [0.29, 0.717) is 12.5 Å². The molecule has 1 atom stereocenters. The molecule has 0 aliphatic carbocycles. The number of unbranched alkanes of at least 4 members (excludes halogenated alkanes) is 2. The standard InChI is InChI=1S/C15H30N2O/c1-4-6-9-17(10-7-5-2)15(18)13-16-11-8-14(3)12-16/h14H,4-13H2,1-3H3. The number of nitrogens with zero attached hydrogens (tertiary/aromatic N) is 2. The molecular formula is C15H30N2O. The van der Waals surface area contributed by atoms with Crippen molar-refractivity contribution >= 4 is 5.91 Å². The van der Waals surface area contributed by atoms with E-state index in [0.717, 1.165) is 57.8 Å². The van der Waals surface area contributed by atoms with Gasteiger partial charge in [-0.3, -0.25) is 9.69 Å². The third kappa shape index (κ3) is 5.38. The Morgan fingerprint density at radius 2 is 1.83 bits per heavy atom. The number of carbonyl (C=O) groups is 1. The number of rotatable bonds is 8. The van der Waals surface area contributed by atoms with Crippen molar-refractivity contribution in [2.45, 2.75) is 52.9 Å². The van der Waals surface area contributed by atoms with Gasteiger partial charge in [0.1, 0.15) is 0 Å². The summed E-state index contributed by atoms with van der Waals surface area (Å²) >= 11 is 0. The van der Waals surface area contributed by atoms with E-state index in [-0.39, 0.29) is 0 Å². The van der Waals surface area contributed by atoms with Crippen LogP contribution in [-0.2, 0) is 4.79 Å². The Hall–Kier alpha value is -0.570. The summed E-state index contributed by atoms with van der Waals surface area (Å²) in [6, 6.07) is 0. The molecule has 1 aliphatic rings. The Labute approximate surface area is 113 Å². The van der Waals surface area contributed by atoms with Gasteiger partial charge in [0.25, 0.3) is 0 Å². The second-order valence-corrected chi connectivity index (χ2v) is 5.72. The molecule has 1 aliphatic heterocycles. The Morgan fingerprint density at radius 3 is 2.28 bits per heavy atom. The highest BCUT2D eigenvalue weighted by Crippen LogP contribution is 2.15. The Morgan fingerprint density at radius 1 is 1.22 bits per heavy atom. The lowest BCUT2D eigenvalue weighted by Crippen LogP contribution is -2.40. The van der Waals surface area contributed by atoms with Gasteiger partial charge in [0.05, 0.1) is 6.54 Å². The molecule has 3 heteroatoms. The zero-order valence-corrected chi connectivity index (χ0v) is 12.5. The van der Waals surface area contributed by atoms with Crippen LogP contribution in [0.15, 0.2) is 0 Å². The molecule has 0 aromatic carbocycles. The van der Waals surface area contributed by atoms with Gasteiger partial charge >= 0.3 is 0 Å². The van der Waals surface area contributed by atoms with Gasteiger partial charge in [-0.15, -0.1) is 0 Å². The lowest BCUT2D eigenvalue weighted by molar-refractivity contribution is -0.132. The molecule has 106 valence electrons. The topological polar surface area (TPSA) is 23.6 Å². The zero-order chi connectivity index (χ0) is 13.4. The molecule has 1 unspecified atom stereocenters. The smallest absolute Gasteiger partial charge is 0.236 e. The van der Waals surface area contributed by atoms with Crippen LogP contribution in [0, 0.1) is 5.92 Å². The van der Waals surface area contributed by atoms with E-state index in [4.69, 9.17) is 0 Å². The lowest BCUT2D eigenvalue weighted by Gasteiger charge is -2.25. The van der Waals surface area contributed by atoms with Crippen molar-refractivity contribution in [2.24, 2.45) is 5.92 Å². The van der Waals surface area contributed by atoms with Crippen LogP contribution in [-0.4, -0.2) is 48.4 Å². The molecule has 1 fully saturated rings. The molecule has 1 heterocycles. The molecule has 0 N–H and O–H groups in total. The third-order valence-corrected chi connectivity index (χ3v) is 3.78. The van der Waals surface area contributed by atoms with Crippen LogP contribution in [0.3, 0.4) is 0 Å². The maximum absolute atomic E-state index is 12.3. The van der Waals surface area contributed by atoms with Gasteiger partial charge in [0.2, 0.25) is 5.91 Å². The van der Waals surface area contributed by atoms with Crippen molar-refractivity contribution < 1.29 is 4.79 Å². The van der Waals surface area contributed by atoms with E-state index >= 15 is 0 Å². The Bertz CT molecular complexity index is 235. The fourth-order valence-corrected chi connectivity index (χ4v) is 2.52. The van der Waals surface area contributed by atoms with Gasteiger partial charge in [-0.05, 0) is 31.7 Å². The second kappa shape index (κ2) is 8.52. The van der Waals surface area contributed by atoms with Crippen LogP contribution in [0.1, 0.15) is 52.9 Å². The van der Waals surface area contributed by atoms with Crippen molar-refractivity contribution in [3.8, 4) is 0 Å². The molecular weight excluding hydrogens is 224 g/mol. The minimum absolute atomic E-state index is 0.339. The summed E-state index contributed by atoms with van der Waals surface area (Å²) in [4.78, 5) is 16.7. The Balaban J connectivity index is 2.37. The van der Waals surface area contributed by atoms with E-state index in [9.17, 15) is 4.79 Å². The average Bonchev–Trinajstić information content (AvgIpc) is 2.75. The van der Waals surface area contributed by atoms with Crippen molar-refractivity contribution in [1.29, 1.82) is 0 Å². The first-order valence-electron chi connectivity index (χ1n) is 7.67. The monoisotopic (exact) mass is 254 g/mol. The highest BCUT2D eigenvalue weighted by molar-refractivity contribution is 5.78. The van der Waals surface area contributed by atoms with Crippen LogP contribution in [0.4, 0.5) is 0 Å². The summed E-state index contributed by atoms with van der Waals surface area (Å²) in [6.07, 6.45) is 5.84. The summed E-state index contributed by atoms with van der Waals surface area (Å²) in [5.74, 6) is 1.10. The molecule has 1 rings (SSSR count). The van der Waals surface area contributed by atoms with Crippen LogP contribution < -0.4 is 0 Å². The van der Waals surface area contributed by atoms with Crippen LogP contribution in [0.5, 0.6) is 0 Å². The van der Waals surface area contributed by atoms with Gasteiger partial charge in [0.15, 0.2) is 0 Å². The van der Waals surface area contributed by atoms with Crippen molar-refractivity contribution in [3.05, 3.63) is 0 Å². The fourth-order valence-electron chi connectivity index (χ4n) is 2.52. The maximum atomic E-state index is 12.3. The minimum atomic E-state index is 0.339. The van der Waals surface area contributed by atoms with E-state index in [2.05, 4.69) is 30.6 Å². The maximum Gasteiger partial charge on any atom is 0.236 e. The van der Waals surface area contributed by atoms with E-state index in [1.807, 2.05) is 0 Å². The average molecular weight is 254 g/mol. The van der Waals surface area contributed by atoms with Gasteiger partial charge in [-0.1, -0.05) is 33.6 Å². The normalized spacial score (nSPS) is 20.3. The van der Waals surface area contributed by atoms with E-state index < -0.39 is 0 Å². The first-order chi connectivity index (χ1) is 8.67. The predicted molar refractivity (Wildman–Crippen MR) is 76.6 cm³/mol. The largest absolute Gasteiger partial charge is 0.342 e. The summed E-state index contributed by atoms with van der Waals surface area (Å²) in [6.45, 7) is 11.4. The third-order valence-electron chi connectivity index (χ3n) is 3.78. The van der Waals surface area contributed by atoms with Gasteiger partial charge in [-0.25, -0.2) is 0 Å². The molecule has 0 spiro atoms. The van der Waals surface area contributed by atoms with Crippen molar-refractivity contribution in [2.75, 3.05) is 32.7 Å². The molecule has 1 saturated heterocycles. The first kappa shape index (κ1) is 15.5. The molecule has 1 amide bonds. The number of hydrogen-bond donors (Lipinski definition) is 0. The summed E-state index contributed by atoms with van der Waals surface area (Å²) < 4.78 is 0. The van der Waals surface area contributed by atoms with Crippen molar-refractivity contribution in [3.63, 3.8) is 0 Å². The van der Waals surface area contributed by atoms with Crippen molar-refractivity contribution in [1.82, 2.24) is 9.80 Å². The first-order valence-corrected chi connectivity index (χ1v) is 7.67. The molecule has 0 aromatic heterocycles. The fraction of sp³-hybridized carbons (Fsp3) is 0.933. The lowest BCUT2D eigenvalue weighted by atomic mass is 10.2. The number of likely N-dealkylation sites (tertiary alicyclic amines) is 1. The van der Waals surface area contributed by atoms with Gasteiger partial charge in [0, 0.05) is 19.6 Å². The number of hydrogen-bond acceptors (Lipinski definition) is 2. The molecule has 18 heavy (non-hydrogen) atoms. The quantitative estimate of drug-likeness (QED) is 0.665. The highest BCUT2D eigenvalue weighted by atomic mass is 16.2.